The summed E-state index contributed by atoms with van der Waals surface area (Å²) in [4.78, 5) is 11.7. The van der Waals surface area contributed by atoms with E-state index in [1.807, 2.05) is 30.3 Å². The van der Waals surface area contributed by atoms with E-state index in [9.17, 15) is 9.18 Å². The Balaban J connectivity index is 1.53. The fourth-order valence-corrected chi connectivity index (χ4v) is 2.17. The Morgan fingerprint density at radius 1 is 1.04 bits per heavy atom. The molecule has 1 heterocycles. The lowest BCUT2D eigenvalue weighted by Crippen LogP contribution is -2.25. The lowest BCUT2D eigenvalue weighted by Gasteiger charge is -2.04. The molecule has 0 aliphatic rings. The van der Waals surface area contributed by atoms with Crippen LogP contribution in [0.3, 0.4) is 0 Å². The van der Waals surface area contributed by atoms with Gasteiger partial charge in [0.2, 0.25) is 0 Å². The highest BCUT2D eigenvalue weighted by Gasteiger charge is 2.08. The Labute approximate surface area is 144 Å². The van der Waals surface area contributed by atoms with Crippen LogP contribution in [0, 0.1) is 5.82 Å². The number of anilines is 1. The van der Waals surface area contributed by atoms with Gasteiger partial charge >= 0.3 is 0 Å². The first-order valence-corrected chi connectivity index (χ1v) is 7.68. The minimum Gasteiger partial charge on any atom is -0.455 e. The molecule has 0 atom stereocenters. The number of hydrogen-bond acceptors (Lipinski definition) is 4. The third-order valence-electron chi connectivity index (χ3n) is 3.37. The number of para-hydroxylation sites is 1. The van der Waals surface area contributed by atoms with Crippen molar-refractivity contribution in [1.82, 2.24) is 5.43 Å². The van der Waals surface area contributed by atoms with Crippen LogP contribution in [0.5, 0.6) is 0 Å². The number of nitrogens with zero attached hydrogens (tertiary/aromatic N) is 1. The zero-order valence-corrected chi connectivity index (χ0v) is 13.3. The zero-order chi connectivity index (χ0) is 17.5. The van der Waals surface area contributed by atoms with Crippen LogP contribution in [-0.2, 0) is 4.79 Å². The molecular weight excluding hydrogens is 321 g/mol. The van der Waals surface area contributed by atoms with Crippen molar-refractivity contribution in [2.24, 2.45) is 5.10 Å². The highest BCUT2D eigenvalue weighted by molar-refractivity contribution is 5.83. The molecule has 126 valence electrons. The maximum absolute atomic E-state index is 13.7. The monoisotopic (exact) mass is 337 g/mol. The van der Waals surface area contributed by atoms with Crippen molar-refractivity contribution >= 4 is 17.8 Å². The van der Waals surface area contributed by atoms with Gasteiger partial charge in [0.25, 0.3) is 5.91 Å². The van der Waals surface area contributed by atoms with Crippen molar-refractivity contribution in [3.8, 4) is 11.3 Å². The van der Waals surface area contributed by atoms with E-state index < -0.39 is 0 Å². The summed E-state index contributed by atoms with van der Waals surface area (Å²) in [5.41, 5.74) is 3.62. The van der Waals surface area contributed by atoms with Gasteiger partial charge in [-0.05, 0) is 36.4 Å². The lowest BCUT2D eigenvalue weighted by molar-refractivity contribution is -0.119. The average molecular weight is 337 g/mol. The summed E-state index contributed by atoms with van der Waals surface area (Å²) in [6, 6.07) is 19.0. The summed E-state index contributed by atoms with van der Waals surface area (Å²) < 4.78 is 19.2. The van der Waals surface area contributed by atoms with E-state index in [0.717, 1.165) is 5.69 Å². The molecule has 2 N–H and O–H groups in total. The van der Waals surface area contributed by atoms with E-state index in [-0.39, 0.29) is 18.3 Å². The van der Waals surface area contributed by atoms with Crippen molar-refractivity contribution in [2.75, 3.05) is 11.9 Å². The van der Waals surface area contributed by atoms with Crippen LogP contribution in [0.15, 0.2) is 76.2 Å². The molecule has 1 aromatic heterocycles. The quantitative estimate of drug-likeness (QED) is 0.533. The summed E-state index contributed by atoms with van der Waals surface area (Å²) >= 11 is 0. The summed E-state index contributed by atoms with van der Waals surface area (Å²) in [5, 5.41) is 6.81. The highest BCUT2D eigenvalue weighted by atomic mass is 19.1. The predicted molar refractivity (Wildman–Crippen MR) is 94.8 cm³/mol. The number of carbonyl (C=O) groups is 1. The molecule has 0 unspecified atom stereocenters. The second kappa shape index (κ2) is 7.92. The normalized spacial score (nSPS) is 10.8. The van der Waals surface area contributed by atoms with E-state index in [2.05, 4.69) is 15.8 Å². The van der Waals surface area contributed by atoms with Gasteiger partial charge in [0.15, 0.2) is 0 Å². The van der Waals surface area contributed by atoms with Gasteiger partial charge in [-0.15, -0.1) is 0 Å². The molecular formula is C19H16FN3O2. The van der Waals surface area contributed by atoms with Crippen molar-refractivity contribution in [1.29, 1.82) is 0 Å². The van der Waals surface area contributed by atoms with E-state index in [1.165, 1.54) is 12.3 Å². The first-order valence-electron chi connectivity index (χ1n) is 7.68. The van der Waals surface area contributed by atoms with Crippen molar-refractivity contribution in [3.63, 3.8) is 0 Å². The summed E-state index contributed by atoms with van der Waals surface area (Å²) in [6.07, 6.45) is 1.37. The number of hydrogen-bond donors (Lipinski definition) is 2. The Bertz CT molecular complexity index is 875. The minimum atomic E-state index is -0.361. The second-order valence-corrected chi connectivity index (χ2v) is 5.19. The molecule has 25 heavy (non-hydrogen) atoms. The Morgan fingerprint density at radius 2 is 1.80 bits per heavy atom. The smallest absolute Gasteiger partial charge is 0.259 e. The summed E-state index contributed by atoms with van der Waals surface area (Å²) in [7, 11) is 0. The molecule has 0 radical (unpaired) electrons. The molecule has 0 aliphatic carbocycles. The van der Waals surface area contributed by atoms with Crippen molar-refractivity contribution in [3.05, 3.63) is 78.3 Å². The van der Waals surface area contributed by atoms with Gasteiger partial charge in [0.1, 0.15) is 17.3 Å². The standard InChI is InChI=1S/C19H16FN3O2/c20-17-9-5-4-8-16(17)18-11-10-15(25-18)12-22-23-19(24)13-21-14-6-2-1-3-7-14/h1-12,21H,13H2,(H,23,24)/b22-12-. The average Bonchev–Trinajstić information content (AvgIpc) is 3.10. The molecule has 0 spiro atoms. The number of furan rings is 1. The number of carbonyl (C=O) groups excluding carboxylic acids is 1. The third kappa shape index (κ3) is 4.54. The van der Waals surface area contributed by atoms with Crippen LogP contribution in [0.4, 0.5) is 10.1 Å². The molecule has 5 nitrogen and oxygen atoms in total. The van der Waals surface area contributed by atoms with Gasteiger partial charge in [-0.2, -0.15) is 5.10 Å². The fraction of sp³-hybridized carbons (Fsp3) is 0.0526. The van der Waals surface area contributed by atoms with Crippen LogP contribution in [0.25, 0.3) is 11.3 Å². The van der Waals surface area contributed by atoms with Crippen LogP contribution < -0.4 is 10.7 Å². The molecule has 3 aromatic rings. The molecule has 0 aliphatic heterocycles. The first kappa shape index (κ1) is 16.4. The molecule has 3 rings (SSSR count). The molecule has 0 saturated heterocycles. The van der Waals surface area contributed by atoms with Gasteiger partial charge in [-0.25, -0.2) is 9.82 Å². The molecule has 0 bridgehead atoms. The largest absolute Gasteiger partial charge is 0.455 e. The molecule has 6 heteroatoms. The van der Waals surface area contributed by atoms with Crippen LogP contribution in [-0.4, -0.2) is 18.7 Å². The summed E-state index contributed by atoms with van der Waals surface area (Å²) in [6.45, 7) is 0.0972. The summed E-state index contributed by atoms with van der Waals surface area (Å²) in [5.74, 6) is 0.160. The maximum Gasteiger partial charge on any atom is 0.259 e. The number of benzene rings is 2. The third-order valence-corrected chi connectivity index (χ3v) is 3.37. The number of halogens is 1. The first-order chi connectivity index (χ1) is 12.2. The van der Waals surface area contributed by atoms with E-state index in [1.54, 1.807) is 30.3 Å². The maximum atomic E-state index is 13.7. The molecule has 1 amide bonds. The minimum absolute atomic E-state index is 0.0972. The highest BCUT2D eigenvalue weighted by Crippen LogP contribution is 2.24. The van der Waals surface area contributed by atoms with Crippen molar-refractivity contribution in [2.45, 2.75) is 0 Å². The molecule has 0 fully saturated rings. The predicted octanol–water partition coefficient (Wildman–Crippen LogP) is 3.65. The van der Waals surface area contributed by atoms with Crippen LogP contribution in [0.2, 0.25) is 0 Å². The molecule has 2 aromatic carbocycles. The topological polar surface area (TPSA) is 66.6 Å². The van der Waals surface area contributed by atoms with Gasteiger partial charge < -0.3 is 9.73 Å². The van der Waals surface area contributed by atoms with Crippen LogP contribution >= 0.6 is 0 Å². The number of hydrazone groups is 1. The number of rotatable bonds is 6. The second-order valence-electron chi connectivity index (χ2n) is 5.19. The Kier molecular flexibility index (Phi) is 5.21. The van der Waals surface area contributed by atoms with E-state index in [4.69, 9.17) is 4.42 Å². The number of amides is 1. The van der Waals surface area contributed by atoms with Gasteiger partial charge in [0.05, 0.1) is 18.3 Å². The van der Waals surface area contributed by atoms with Crippen LogP contribution in [0.1, 0.15) is 5.76 Å². The van der Waals surface area contributed by atoms with Gasteiger partial charge in [-0.3, -0.25) is 4.79 Å². The van der Waals surface area contributed by atoms with E-state index in [0.29, 0.717) is 17.1 Å². The number of nitrogens with one attached hydrogen (secondary N) is 2. The Hall–Kier alpha value is -3.41. The Morgan fingerprint density at radius 3 is 2.60 bits per heavy atom. The molecule has 0 saturated carbocycles. The van der Waals surface area contributed by atoms with Gasteiger partial charge in [0, 0.05) is 5.69 Å². The zero-order valence-electron chi connectivity index (χ0n) is 13.3. The SMILES string of the molecule is O=C(CNc1ccccc1)N/N=C\c1ccc(-c2ccccc2F)o1. The van der Waals surface area contributed by atoms with Crippen molar-refractivity contribution < 1.29 is 13.6 Å². The van der Waals surface area contributed by atoms with E-state index >= 15 is 0 Å². The fourth-order valence-electron chi connectivity index (χ4n) is 2.17. The lowest BCUT2D eigenvalue weighted by atomic mass is 10.1. The van der Waals surface area contributed by atoms with Gasteiger partial charge in [-0.1, -0.05) is 30.3 Å².